The van der Waals surface area contributed by atoms with E-state index in [4.69, 9.17) is 11.6 Å². The molecule has 2 heteroatoms. The number of hydrogen-bond donors (Lipinski definition) is 1. The normalized spacial score (nSPS) is 27.9. The van der Waals surface area contributed by atoms with Gasteiger partial charge in [0.25, 0.3) is 0 Å². The van der Waals surface area contributed by atoms with Crippen molar-refractivity contribution >= 4 is 17.3 Å². The summed E-state index contributed by atoms with van der Waals surface area (Å²) in [5.41, 5.74) is 4.56. The minimum atomic E-state index is 0.338. The van der Waals surface area contributed by atoms with Gasteiger partial charge in [0.1, 0.15) is 0 Å². The van der Waals surface area contributed by atoms with Crippen molar-refractivity contribution in [1.29, 1.82) is 0 Å². The molecule has 0 bridgehead atoms. The summed E-state index contributed by atoms with van der Waals surface area (Å²) in [5, 5.41) is 4.36. The minimum absolute atomic E-state index is 0.338. The minimum Gasteiger partial charge on any atom is -0.384 e. The monoisotopic (exact) mass is 255 g/mol. The molecule has 1 aliphatic heterocycles. The van der Waals surface area contributed by atoms with Crippen LogP contribution < -0.4 is 5.32 Å². The van der Waals surface area contributed by atoms with Gasteiger partial charge in [0, 0.05) is 22.7 Å². The van der Waals surface area contributed by atoms with Gasteiger partial charge in [-0.2, -0.15) is 0 Å². The quantitative estimate of drug-likeness (QED) is 0.806. The standard InChI is InChI=1S/C16H14ClN/c17-12-7-5-11(6-8-12)14-9-16(14)10-18-15-4-2-1-3-13(15)16/h1-8,14,18H,9-10H2/t14-,16-/m1/s1. The summed E-state index contributed by atoms with van der Waals surface area (Å²) in [7, 11) is 0. The molecular weight excluding hydrogens is 242 g/mol. The smallest absolute Gasteiger partial charge is 0.0406 e. The van der Waals surface area contributed by atoms with E-state index in [1.807, 2.05) is 12.1 Å². The van der Waals surface area contributed by atoms with Crippen molar-refractivity contribution in [2.75, 3.05) is 11.9 Å². The maximum Gasteiger partial charge on any atom is 0.0406 e. The summed E-state index contributed by atoms with van der Waals surface area (Å²) in [6.45, 7) is 1.07. The molecule has 0 radical (unpaired) electrons. The highest BCUT2D eigenvalue weighted by atomic mass is 35.5. The lowest BCUT2D eigenvalue weighted by Gasteiger charge is -2.10. The van der Waals surface area contributed by atoms with E-state index in [1.165, 1.54) is 23.2 Å². The average Bonchev–Trinajstić information content (AvgIpc) is 3.01. The summed E-state index contributed by atoms with van der Waals surface area (Å²) in [5.74, 6) is 0.644. The SMILES string of the molecule is Clc1ccc([C@H]2C[C@]23CNc2ccccc23)cc1. The fourth-order valence-corrected chi connectivity index (χ4v) is 3.48. The number of nitrogens with one attached hydrogen (secondary N) is 1. The van der Waals surface area contributed by atoms with Gasteiger partial charge >= 0.3 is 0 Å². The first-order chi connectivity index (χ1) is 8.79. The Labute approximate surface area is 112 Å². The van der Waals surface area contributed by atoms with Crippen molar-refractivity contribution in [3.05, 3.63) is 64.7 Å². The molecule has 1 fully saturated rings. The van der Waals surface area contributed by atoms with E-state index in [2.05, 4.69) is 41.7 Å². The van der Waals surface area contributed by atoms with Crippen LogP contribution in [0.2, 0.25) is 5.02 Å². The fraction of sp³-hybridized carbons (Fsp3) is 0.250. The van der Waals surface area contributed by atoms with E-state index in [-0.39, 0.29) is 0 Å². The fourth-order valence-electron chi connectivity index (χ4n) is 3.35. The van der Waals surface area contributed by atoms with Crippen LogP contribution in [0.25, 0.3) is 0 Å². The zero-order valence-electron chi connectivity index (χ0n) is 9.99. The zero-order chi connectivity index (χ0) is 12.2. The highest BCUT2D eigenvalue weighted by Crippen LogP contribution is 2.64. The maximum atomic E-state index is 5.96. The molecule has 1 nitrogen and oxygen atoms in total. The lowest BCUT2D eigenvalue weighted by molar-refractivity contribution is 0.741. The molecule has 2 atom stereocenters. The van der Waals surface area contributed by atoms with E-state index in [1.54, 1.807) is 0 Å². The van der Waals surface area contributed by atoms with Crippen LogP contribution >= 0.6 is 11.6 Å². The average molecular weight is 256 g/mol. The Morgan fingerprint density at radius 3 is 2.67 bits per heavy atom. The molecule has 0 amide bonds. The number of para-hydroxylation sites is 1. The molecule has 2 aliphatic rings. The second-order valence-electron chi connectivity index (χ2n) is 5.36. The molecule has 1 saturated carbocycles. The number of halogens is 1. The second-order valence-corrected chi connectivity index (χ2v) is 5.80. The molecule has 2 aromatic carbocycles. The summed E-state index contributed by atoms with van der Waals surface area (Å²) >= 11 is 5.96. The van der Waals surface area contributed by atoms with Crippen LogP contribution in [0, 0.1) is 0 Å². The van der Waals surface area contributed by atoms with Crippen LogP contribution in [0.5, 0.6) is 0 Å². The van der Waals surface area contributed by atoms with E-state index in [9.17, 15) is 0 Å². The number of hydrogen-bond acceptors (Lipinski definition) is 1. The first-order valence-corrected chi connectivity index (χ1v) is 6.76. The Balaban J connectivity index is 1.72. The molecule has 90 valence electrons. The van der Waals surface area contributed by atoms with Crippen LogP contribution in [0.1, 0.15) is 23.5 Å². The predicted octanol–water partition coefficient (Wildman–Crippen LogP) is 4.19. The van der Waals surface area contributed by atoms with Crippen molar-refractivity contribution in [3.8, 4) is 0 Å². The summed E-state index contributed by atoms with van der Waals surface area (Å²) < 4.78 is 0. The lowest BCUT2D eigenvalue weighted by atomic mass is 9.93. The third kappa shape index (κ3) is 1.34. The highest BCUT2D eigenvalue weighted by molar-refractivity contribution is 6.30. The van der Waals surface area contributed by atoms with Gasteiger partial charge in [-0.1, -0.05) is 41.9 Å². The highest BCUT2D eigenvalue weighted by Gasteiger charge is 2.58. The van der Waals surface area contributed by atoms with Gasteiger partial charge in [-0.05, 0) is 41.7 Å². The summed E-state index contributed by atoms with van der Waals surface area (Å²) in [6, 6.07) is 17.0. The largest absolute Gasteiger partial charge is 0.384 e. The topological polar surface area (TPSA) is 12.0 Å². The predicted molar refractivity (Wildman–Crippen MR) is 75.4 cm³/mol. The molecule has 0 aromatic heterocycles. The Morgan fingerprint density at radius 1 is 1.06 bits per heavy atom. The van der Waals surface area contributed by atoms with Crippen molar-refractivity contribution < 1.29 is 0 Å². The Kier molecular flexibility index (Phi) is 2.04. The summed E-state index contributed by atoms with van der Waals surface area (Å²) in [4.78, 5) is 0. The van der Waals surface area contributed by atoms with Gasteiger partial charge in [-0.3, -0.25) is 0 Å². The van der Waals surface area contributed by atoms with Crippen molar-refractivity contribution in [2.45, 2.75) is 17.8 Å². The number of rotatable bonds is 1. The van der Waals surface area contributed by atoms with Gasteiger partial charge in [-0.15, -0.1) is 0 Å². The van der Waals surface area contributed by atoms with Crippen LogP contribution in [0.4, 0.5) is 5.69 Å². The molecule has 0 saturated heterocycles. The van der Waals surface area contributed by atoms with Gasteiger partial charge < -0.3 is 5.32 Å². The Hall–Kier alpha value is -1.47. The van der Waals surface area contributed by atoms with Crippen LogP contribution in [-0.2, 0) is 5.41 Å². The maximum absolute atomic E-state index is 5.96. The second kappa shape index (κ2) is 3.52. The molecule has 4 rings (SSSR count). The number of benzene rings is 2. The Bertz CT molecular complexity index is 605. The van der Waals surface area contributed by atoms with Gasteiger partial charge in [-0.25, -0.2) is 0 Å². The number of fused-ring (bicyclic) bond motifs is 2. The molecule has 1 heterocycles. The van der Waals surface area contributed by atoms with E-state index >= 15 is 0 Å². The molecule has 0 unspecified atom stereocenters. The van der Waals surface area contributed by atoms with Crippen molar-refractivity contribution in [2.24, 2.45) is 0 Å². The van der Waals surface area contributed by atoms with Crippen LogP contribution in [0.3, 0.4) is 0 Å². The van der Waals surface area contributed by atoms with Crippen molar-refractivity contribution in [3.63, 3.8) is 0 Å². The van der Waals surface area contributed by atoms with Crippen LogP contribution in [0.15, 0.2) is 48.5 Å². The first-order valence-electron chi connectivity index (χ1n) is 6.38. The molecule has 1 spiro atoms. The molecule has 1 aliphatic carbocycles. The molecule has 18 heavy (non-hydrogen) atoms. The van der Waals surface area contributed by atoms with E-state index in [0.29, 0.717) is 11.3 Å². The molecular formula is C16H14ClN. The third-order valence-electron chi connectivity index (χ3n) is 4.41. The van der Waals surface area contributed by atoms with E-state index < -0.39 is 0 Å². The van der Waals surface area contributed by atoms with Gasteiger partial charge in [0.2, 0.25) is 0 Å². The van der Waals surface area contributed by atoms with E-state index in [0.717, 1.165) is 11.6 Å². The molecule has 1 N–H and O–H groups in total. The number of anilines is 1. The lowest BCUT2D eigenvalue weighted by Crippen LogP contribution is -2.11. The zero-order valence-corrected chi connectivity index (χ0v) is 10.7. The van der Waals surface area contributed by atoms with Gasteiger partial charge in [0.15, 0.2) is 0 Å². The Morgan fingerprint density at radius 2 is 1.83 bits per heavy atom. The van der Waals surface area contributed by atoms with Crippen LogP contribution in [-0.4, -0.2) is 6.54 Å². The summed E-state index contributed by atoms with van der Waals surface area (Å²) in [6.07, 6.45) is 1.25. The van der Waals surface area contributed by atoms with Gasteiger partial charge in [0.05, 0.1) is 0 Å². The third-order valence-corrected chi connectivity index (χ3v) is 4.66. The molecule has 2 aromatic rings. The first kappa shape index (κ1) is 10.5. The van der Waals surface area contributed by atoms with Crippen molar-refractivity contribution in [1.82, 2.24) is 0 Å².